The second-order valence-electron chi connectivity index (χ2n) is 4.97. The molecule has 0 aliphatic heterocycles. The molecule has 3 rings (SSSR count). The van der Waals surface area contributed by atoms with Crippen molar-refractivity contribution in [3.8, 4) is 5.88 Å². The number of fused-ring (bicyclic) bond motifs is 1. The summed E-state index contributed by atoms with van der Waals surface area (Å²) in [6, 6.07) is 0. The van der Waals surface area contributed by atoms with Crippen molar-refractivity contribution >= 4 is 11.5 Å². The van der Waals surface area contributed by atoms with Crippen LogP contribution in [0.15, 0.2) is 18.6 Å². The van der Waals surface area contributed by atoms with Gasteiger partial charge < -0.3 is 10.2 Å². The Hall–Kier alpha value is -1.82. The Labute approximate surface area is 112 Å². The van der Waals surface area contributed by atoms with Crippen LogP contribution in [0, 0.1) is 0 Å². The van der Waals surface area contributed by atoms with Crippen molar-refractivity contribution < 1.29 is 4.74 Å². The molecule has 0 atom stereocenters. The molecule has 2 aromatic heterocycles. The molecule has 19 heavy (non-hydrogen) atoms. The summed E-state index contributed by atoms with van der Waals surface area (Å²) >= 11 is 0. The van der Waals surface area contributed by atoms with Crippen LogP contribution in [0.1, 0.15) is 38.5 Å². The zero-order chi connectivity index (χ0) is 13.1. The molecule has 0 saturated heterocycles. The van der Waals surface area contributed by atoms with E-state index in [-0.39, 0.29) is 6.10 Å². The summed E-state index contributed by atoms with van der Waals surface area (Å²) < 4.78 is 7.93. The summed E-state index contributed by atoms with van der Waals surface area (Å²) in [5.41, 5.74) is 3.30. The van der Waals surface area contributed by atoms with Crippen molar-refractivity contribution in [2.75, 3.05) is 5.43 Å². The van der Waals surface area contributed by atoms with Gasteiger partial charge in [0.1, 0.15) is 6.10 Å². The number of rotatable bonds is 3. The molecule has 0 radical (unpaired) electrons. The first-order valence-corrected chi connectivity index (χ1v) is 6.84. The van der Waals surface area contributed by atoms with Gasteiger partial charge in [-0.3, -0.25) is 4.40 Å². The fourth-order valence-electron chi connectivity index (χ4n) is 2.57. The van der Waals surface area contributed by atoms with Gasteiger partial charge in [0.05, 0.1) is 6.20 Å². The Morgan fingerprint density at radius 1 is 1.26 bits per heavy atom. The predicted molar refractivity (Wildman–Crippen MR) is 72.9 cm³/mol. The van der Waals surface area contributed by atoms with Gasteiger partial charge in [-0.25, -0.2) is 10.8 Å². The lowest BCUT2D eigenvalue weighted by Crippen LogP contribution is -2.18. The maximum absolute atomic E-state index is 6.06. The first-order valence-electron chi connectivity index (χ1n) is 6.84. The Morgan fingerprint density at radius 3 is 2.79 bits per heavy atom. The minimum Gasteiger partial charge on any atom is -0.472 e. The third-order valence-corrected chi connectivity index (χ3v) is 3.57. The molecule has 6 nitrogen and oxygen atoms in total. The maximum atomic E-state index is 6.06. The summed E-state index contributed by atoms with van der Waals surface area (Å²) in [6.07, 6.45) is 12.9. The molecule has 0 bridgehead atoms. The molecular weight excluding hydrogens is 242 g/mol. The number of nitrogens with two attached hydrogens (primary N) is 1. The van der Waals surface area contributed by atoms with Crippen LogP contribution in [-0.4, -0.2) is 20.5 Å². The number of aromatic nitrogens is 3. The van der Waals surface area contributed by atoms with Crippen LogP contribution in [0.5, 0.6) is 5.88 Å². The normalized spacial score (nSPS) is 17.3. The van der Waals surface area contributed by atoms with Crippen LogP contribution in [0.25, 0.3) is 5.65 Å². The molecule has 0 amide bonds. The highest BCUT2D eigenvalue weighted by Crippen LogP contribution is 2.25. The van der Waals surface area contributed by atoms with Crippen molar-refractivity contribution in [3.05, 3.63) is 18.6 Å². The Kier molecular flexibility index (Phi) is 3.50. The average molecular weight is 261 g/mol. The van der Waals surface area contributed by atoms with E-state index in [1.807, 2.05) is 10.6 Å². The first-order chi connectivity index (χ1) is 9.36. The van der Waals surface area contributed by atoms with Crippen molar-refractivity contribution in [1.82, 2.24) is 14.4 Å². The monoisotopic (exact) mass is 261 g/mol. The number of ether oxygens (including phenoxy) is 1. The number of nitrogens with one attached hydrogen (secondary N) is 1. The average Bonchev–Trinajstić information content (AvgIpc) is 2.76. The number of nitrogen functional groups attached to an aromatic ring is 1. The number of hydrogen-bond donors (Lipinski definition) is 2. The zero-order valence-corrected chi connectivity index (χ0v) is 10.9. The fourth-order valence-corrected chi connectivity index (χ4v) is 2.57. The van der Waals surface area contributed by atoms with Gasteiger partial charge >= 0.3 is 0 Å². The van der Waals surface area contributed by atoms with E-state index in [0.717, 1.165) is 18.5 Å². The number of hydrogen-bond acceptors (Lipinski definition) is 5. The van der Waals surface area contributed by atoms with Crippen LogP contribution in [0.3, 0.4) is 0 Å². The molecule has 1 saturated carbocycles. The summed E-state index contributed by atoms with van der Waals surface area (Å²) in [7, 11) is 0. The maximum Gasteiger partial charge on any atom is 0.260 e. The van der Waals surface area contributed by atoms with Gasteiger partial charge in [-0.2, -0.15) is 4.98 Å². The van der Waals surface area contributed by atoms with E-state index in [9.17, 15) is 0 Å². The van der Waals surface area contributed by atoms with Gasteiger partial charge in [0, 0.05) is 12.4 Å². The van der Waals surface area contributed by atoms with Gasteiger partial charge in [-0.15, -0.1) is 0 Å². The molecule has 0 spiro atoms. The highest BCUT2D eigenvalue weighted by molar-refractivity contribution is 5.53. The van der Waals surface area contributed by atoms with Gasteiger partial charge in [-0.05, 0) is 25.7 Å². The quantitative estimate of drug-likeness (QED) is 0.502. The summed E-state index contributed by atoms with van der Waals surface area (Å²) in [5.74, 6) is 6.58. The highest BCUT2D eigenvalue weighted by atomic mass is 16.5. The van der Waals surface area contributed by atoms with E-state index in [1.54, 1.807) is 12.4 Å². The molecule has 3 N–H and O–H groups in total. The van der Waals surface area contributed by atoms with E-state index < -0.39 is 0 Å². The zero-order valence-electron chi connectivity index (χ0n) is 10.9. The molecule has 0 aromatic carbocycles. The molecular formula is C13H19N5O. The molecule has 1 aliphatic carbocycles. The summed E-state index contributed by atoms with van der Waals surface area (Å²) in [5, 5.41) is 0. The predicted octanol–water partition coefficient (Wildman–Crippen LogP) is 2.12. The second-order valence-corrected chi connectivity index (χ2v) is 4.97. The van der Waals surface area contributed by atoms with E-state index in [0.29, 0.717) is 11.7 Å². The van der Waals surface area contributed by atoms with Crippen LogP contribution < -0.4 is 16.0 Å². The molecule has 6 heteroatoms. The lowest BCUT2D eigenvalue weighted by atomic mass is 10.1. The van der Waals surface area contributed by atoms with E-state index in [2.05, 4.69) is 15.4 Å². The molecule has 2 heterocycles. The van der Waals surface area contributed by atoms with E-state index >= 15 is 0 Å². The van der Waals surface area contributed by atoms with Gasteiger partial charge in [0.15, 0.2) is 5.82 Å². The van der Waals surface area contributed by atoms with Crippen molar-refractivity contribution in [1.29, 1.82) is 0 Å². The van der Waals surface area contributed by atoms with Crippen LogP contribution in [0.2, 0.25) is 0 Å². The van der Waals surface area contributed by atoms with Crippen LogP contribution in [0.4, 0.5) is 5.82 Å². The minimum atomic E-state index is 0.239. The SMILES string of the molecule is NNc1cn2ccnc2c(OC2CCCCCC2)n1. The Balaban J connectivity index is 1.87. The standard InChI is InChI=1S/C13H19N5O/c14-17-11-9-18-8-7-15-12(18)13(16-11)19-10-5-3-1-2-4-6-10/h7-10,17H,1-6,14H2. The smallest absolute Gasteiger partial charge is 0.260 e. The third kappa shape index (κ3) is 2.63. The van der Waals surface area contributed by atoms with Crippen molar-refractivity contribution in [2.24, 2.45) is 5.84 Å². The summed E-state index contributed by atoms with van der Waals surface area (Å²) in [6.45, 7) is 0. The lowest BCUT2D eigenvalue weighted by molar-refractivity contribution is 0.178. The number of anilines is 1. The van der Waals surface area contributed by atoms with Crippen LogP contribution in [-0.2, 0) is 0 Å². The molecule has 2 aromatic rings. The Morgan fingerprint density at radius 2 is 2.05 bits per heavy atom. The molecule has 1 fully saturated rings. The van der Waals surface area contributed by atoms with Crippen molar-refractivity contribution in [2.45, 2.75) is 44.6 Å². The molecule has 102 valence electrons. The summed E-state index contributed by atoms with van der Waals surface area (Å²) in [4.78, 5) is 8.66. The molecule has 0 unspecified atom stereocenters. The first kappa shape index (κ1) is 12.2. The number of nitrogens with zero attached hydrogens (tertiary/aromatic N) is 3. The molecule has 1 aliphatic rings. The highest BCUT2D eigenvalue weighted by Gasteiger charge is 2.17. The van der Waals surface area contributed by atoms with Crippen molar-refractivity contribution in [3.63, 3.8) is 0 Å². The second kappa shape index (κ2) is 5.44. The Bertz CT molecular complexity index is 545. The lowest BCUT2D eigenvalue weighted by Gasteiger charge is -2.17. The minimum absolute atomic E-state index is 0.239. The fraction of sp³-hybridized carbons (Fsp3) is 0.538. The third-order valence-electron chi connectivity index (χ3n) is 3.57. The largest absolute Gasteiger partial charge is 0.472 e. The topological polar surface area (TPSA) is 77.5 Å². The van der Waals surface area contributed by atoms with E-state index in [4.69, 9.17) is 10.6 Å². The van der Waals surface area contributed by atoms with Crippen LogP contribution >= 0.6 is 0 Å². The van der Waals surface area contributed by atoms with Gasteiger partial charge in [0.25, 0.3) is 5.88 Å². The number of hydrazine groups is 1. The van der Waals surface area contributed by atoms with Gasteiger partial charge in [0.2, 0.25) is 5.65 Å². The van der Waals surface area contributed by atoms with Gasteiger partial charge in [-0.1, -0.05) is 12.8 Å². The number of imidazole rings is 1. The van der Waals surface area contributed by atoms with E-state index in [1.165, 1.54) is 25.7 Å².